The average molecular weight is 270 g/mol. The number of carbonyl (C=O) groups is 2. The first-order valence-electron chi connectivity index (χ1n) is 7.19. The van der Waals surface area contributed by atoms with Crippen molar-refractivity contribution >= 4 is 12.0 Å². The second-order valence-corrected chi connectivity index (χ2v) is 5.91. The Bertz CT molecular complexity index is 318. The molecule has 19 heavy (non-hydrogen) atoms. The summed E-state index contributed by atoms with van der Waals surface area (Å²) < 4.78 is 0. The van der Waals surface area contributed by atoms with Gasteiger partial charge >= 0.3 is 12.0 Å². The maximum Gasteiger partial charge on any atom is 0.315 e. The highest BCUT2D eigenvalue weighted by molar-refractivity contribution is 5.76. The highest BCUT2D eigenvalue weighted by atomic mass is 16.4. The maximum atomic E-state index is 11.8. The largest absolute Gasteiger partial charge is 0.481 e. The molecule has 0 aromatic heterocycles. The molecule has 110 valence electrons. The Morgan fingerprint density at radius 1 is 1.21 bits per heavy atom. The van der Waals surface area contributed by atoms with Gasteiger partial charge in [0.2, 0.25) is 0 Å². The van der Waals surface area contributed by atoms with Gasteiger partial charge in [0.25, 0.3) is 0 Å². The van der Waals surface area contributed by atoms with Crippen molar-refractivity contribution < 1.29 is 14.7 Å². The van der Waals surface area contributed by atoms with Crippen molar-refractivity contribution in [3.05, 3.63) is 0 Å². The lowest BCUT2D eigenvalue weighted by atomic mass is 9.84. The number of hydrogen-bond donors (Lipinski definition) is 3. The zero-order valence-corrected chi connectivity index (χ0v) is 12.1. The Labute approximate surface area is 115 Å². The number of hydrogen-bond acceptors (Lipinski definition) is 2. The van der Waals surface area contributed by atoms with Gasteiger partial charge in [-0.3, -0.25) is 4.79 Å². The topological polar surface area (TPSA) is 78.4 Å². The predicted molar refractivity (Wildman–Crippen MR) is 73.9 cm³/mol. The van der Waals surface area contributed by atoms with E-state index in [1.165, 1.54) is 0 Å². The van der Waals surface area contributed by atoms with Crippen molar-refractivity contribution in [3.8, 4) is 0 Å². The normalized spacial score (nSPS) is 24.8. The molecule has 3 atom stereocenters. The number of nitrogens with one attached hydrogen (secondary N) is 2. The van der Waals surface area contributed by atoms with Crippen LogP contribution >= 0.6 is 0 Å². The summed E-state index contributed by atoms with van der Waals surface area (Å²) in [5.41, 5.74) is 0. The third kappa shape index (κ3) is 5.09. The maximum absolute atomic E-state index is 11.8. The van der Waals surface area contributed by atoms with Crippen LogP contribution in [0.15, 0.2) is 0 Å². The summed E-state index contributed by atoms with van der Waals surface area (Å²) in [6.45, 7) is 6.94. The predicted octanol–water partition coefficient (Wildman–Crippen LogP) is 2.22. The number of carbonyl (C=O) groups excluding carboxylic acids is 1. The van der Waals surface area contributed by atoms with E-state index in [0.29, 0.717) is 24.8 Å². The second-order valence-electron chi connectivity index (χ2n) is 5.91. The minimum absolute atomic E-state index is 0.236. The van der Waals surface area contributed by atoms with Gasteiger partial charge in [-0.1, -0.05) is 33.6 Å². The molecule has 0 aromatic rings. The molecule has 3 N–H and O–H groups in total. The molecule has 0 saturated heterocycles. The van der Waals surface area contributed by atoms with Crippen molar-refractivity contribution in [1.82, 2.24) is 10.6 Å². The van der Waals surface area contributed by atoms with Gasteiger partial charge < -0.3 is 15.7 Å². The molecule has 1 rings (SSSR count). The van der Waals surface area contributed by atoms with Crippen molar-refractivity contribution in [2.75, 3.05) is 6.54 Å². The van der Waals surface area contributed by atoms with Gasteiger partial charge in [0.1, 0.15) is 0 Å². The SMILES string of the molecule is CC(C)C(C)CNC(=O)NC1CCCCC1C(=O)O. The molecule has 3 unspecified atom stereocenters. The van der Waals surface area contributed by atoms with Crippen LogP contribution in [0.2, 0.25) is 0 Å². The molecule has 5 heteroatoms. The van der Waals surface area contributed by atoms with Crippen LogP contribution in [-0.2, 0) is 4.79 Å². The van der Waals surface area contributed by atoms with Crippen LogP contribution in [0.25, 0.3) is 0 Å². The average Bonchev–Trinajstić information content (AvgIpc) is 2.36. The first kappa shape index (κ1) is 15.8. The molecule has 1 saturated carbocycles. The van der Waals surface area contributed by atoms with Crippen LogP contribution in [0.1, 0.15) is 46.5 Å². The van der Waals surface area contributed by atoms with Crippen LogP contribution < -0.4 is 10.6 Å². The van der Waals surface area contributed by atoms with E-state index in [9.17, 15) is 9.59 Å². The number of carboxylic acid groups (broad SMARTS) is 1. The third-order valence-electron chi connectivity index (χ3n) is 4.12. The number of carboxylic acids is 1. The summed E-state index contributed by atoms with van der Waals surface area (Å²) in [7, 11) is 0. The lowest BCUT2D eigenvalue weighted by Crippen LogP contribution is -2.49. The summed E-state index contributed by atoms with van der Waals surface area (Å²) in [5, 5.41) is 14.8. The van der Waals surface area contributed by atoms with E-state index in [0.717, 1.165) is 19.3 Å². The fraction of sp³-hybridized carbons (Fsp3) is 0.857. The molecule has 1 fully saturated rings. The van der Waals surface area contributed by atoms with E-state index < -0.39 is 11.9 Å². The van der Waals surface area contributed by atoms with Gasteiger partial charge in [0.15, 0.2) is 0 Å². The fourth-order valence-corrected chi connectivity index (χ4v) is 2.31. The summed E-state index contributed by atoms with van der Waals surface area (Å²) in [6.07, 6.45) is 3.32. The van der Waals surface area contributed by atoms with Gasteiger partial charge in [0.05, 0.1) is 5.92 Å². The van der Waals surface area contributed by atoms with Crippen molar-refractivity contribution in [3.63, 3.8) is 0 Å². The summed E-state index contributed by atoms with van der Waals surface area (Å²) in [5.74, 6) is -0.323. The van der Waals surface area contributed by atoms with E-state index in [2.05, 4.69) is 31.4 Å². The van der Waals surface area contributed by atoms with E-state index in [4.69, 9.17) is 5.11 Å². The number of rotatable bonds is 5. The number of urea groups is 1. The Morgan fingerprint density at radius 2 is 1.84 bits per heavy atom. The van der Waals surface area contributed by atoms with Crippen LogP contribution in [-0.4, -0.2) is 29.7 Å². The third-order valence-corrected chi connectivity index (χ3v) is 4.12. The van der Waals surface area contributed by atoms with Gasteiger partial charge in [-0.05, 0) is 24.7 Å². The van der Waals surface area contributed by atoms with E-state index >= 15 is 0 Å². The van der Waals surface area contributed by atoms with Gasteiger partial charge in [-0.15, -0.1) is 0 Å². The van der Waals surface area contributed by atoms with E-state index in [1.54, 1.807) is 0 Å². The minimum Gasteiger partial charge on any atom is -0.481 e. The molecule has 0 aromatic carbocycles. The summed E-state index contributed by atoms with van der Waals surface area (Å²) >= 11 is 0. The molecule has 0 spiro atoms. The molecule has 2 amide bonds. The Kier molecular flexibility index (Phi) is 6.12. The molecular formula is C14H26N2O3. The van der Waals surface area contributed by atoms with Crippen LogP contribution in [0.4, 0.5) is 4.79 Å². The molecule has 1 aliphatic carbocycles. The molecule has 0 aliphatic heterocycles. The molecule has 0 radical (unpaired) electrons. The molecule has 1 aliphatic rings. The van der Waals surface area contributed by atoms with Crippen molar-refractivity contribution in [2.45, 2.75) is 52.5 Å². The Balaban J connectivity index is 2.39. The van der Waals surface area contributed by atoms with Crippen LogP contribution in [0.5, 0.6) is 0 Å². The highest BCUT2D eigenvalue weighted by Crippen LogP contribution is 2.24. The van der Waals surface area contributed by atoms with Crippen LogP contribution in [0, 0.1) is 17.8 Å². The van der Waals surface area contributed by atoms with E-state index in [-0.39, 0.29) is 12.1 Å². The quantitative estimate of drug-likeness (QED) is 0.716. The lowest BCUT2D eigenvalue weighted by Gasteiger charge is -2.29. The van der Waals surface area contributed by atoms with Gasteiger partial charge in [-0.25, -0.2) is 4.79 Å². The molecule has 0 heterocycles. The van der Waals surface area contributed by atoms with Gasteiger partial charge in [0, 0.05) is 12.6 Å². The number of amides is 2. The highest BCUT2D eigenvalue weighted by Gasteiger charge is 2.31. The molecule has 5 nitrogen and oxygen atoms in total. The monoisotopic (exact) mass is 270 g/mol. The van der Waals surface area contributed by atoms with E-state index in [1.807, 2.05) is 0 Å². The Morgan fingerprint density at radius 3 is 2.42 bits per heavy atom. The van der Waals surface area contributed by atoms with Gasteiger partial charge in [-0.2, -0.15) is 0 Å². The number of aliphatic carboxylic acids is 1. The zero-order valence-electron chi connectivity index (χ0n) is 12.1. The molecular weight excluding hydrogens is 244 g/mol. The molecule has 0 bridgehead atoms. The minimum atomic E-state index is -0.805. The Hall–Kier alpha value is -1.26. The smallest absolute Gasteiger partial charge is 0.315 e. The fourth-order valence-electron chi connectivity index (χ4n) is 2.31. The zero-order chi connectivity index (χ0) is 14.4. The first-order valence-corrected chi connectivity index (χ1v) is 7.19. The standard InChI is InChI=1S/C14H26N2O3/c1-9(2)10(3)8-15-14(19)16-12-7-5-4-6-11(12)13(17)18/h9-12H,4-8H2,1-3H3,(H,17,18)(H2,15,16,19). The summed E-state index contributed by atoms with van der Waals surface area (Å²) in [4.78, 5) is 22.9. The van der Waals surface area contributed by atoms with Crippen molar-refractivity contribution in [1.29, 1.82) is 0 Å². The summed E-state index contributed by atoms with van der Waals surface area (Å²) in [6, 6.07) is -0.480. The van der Waals surface area contributed by atoms with Crippen LogP contribution in [0.3, 0.4) is 0 Å². The lowest BCUT2D eigenvalue weighted by molar-refractivity contribution is -0.143. The first-order chi connectivity index (χ1) is 8.91. The van der Waals surface area contributed by atoms with Crippen molar-refractivity contribution in [2.24, 2.45) is 17.8 Å². The second kappa shape index (κ2) is 7.36.